The number of nitrogens with one attached hydrogen (secondary N) is 1. The number of carbonyl (C=O) groups excluding carboxylic acids is 2. The van der Waals surface area contributed by atoms with Gasteiger partial charge in [0.25, 0.3) is 0 Å². The third-order valence-electron chi connectivity index (χ3n) is 3.70. The van der Waals surface area contributed by atoms with Gasteiger partial charge in [0.05, 0.1) is 20.8 Å². The highest BCUT2D eigenvalue weighted by atomic mass is 32.2. The van der Waals surface area contributed by atoms with E-state index < -0.39 is 5.91 Å². The average Bonchev–Trinajstić information content (AvgIpc) is 3.38. The molecule has 0 aliphatic heterocycles. The number of aromatic nitrogens is 4. The van der Waals surface area contributed by atoms with Crippen molar-refractivity contribution in [3.05, 3.63) is 41.5 Å². The standard InChI is InChI=1S/C17H13FN6O2S3/c18-9-3-4-10-12(6-9)29-16(20-10)21-14(26)8-28-17-23-22-15(11-2-1-5-27-11)24(17)7-13(19)25/h1-6H,7-8H2,(H2,19,25)(H,20,21,26). The fraction of sp³-hybridized carbons (Fsp3) is 0.118. The van der Waals surface area contributed by atoms with Crippen LogP contribution < -0.4 is 11.1 Å². The van der Waals surface area contributed by atoms with Crippen molar-refractivity contribution in [3.8, 4) is 10.7 Å². The summed E-state index contributed by atoms with van der Waals surface area (Å²) >= 11 is 3.79. The average molecular weight is 449 g/mol. The molecule has 0 aliphatic carbocycles. The Labute approximate surface area is 176 Å². The molecule has 0 atom stereocenters. The van der Waals surface area contributed by atoms with E-state index in [2.05, 4.69) is 20.5 Å². The van der Waals surface area contributed by atoms with Crippen LogP contribution in [0.1, 0.15) is 0 Å². The van der Waals surface area contributed by atoms with E-state index in [-0.39, 0.29) is 24.0 Å². The van der Waals surface area contributed by atoms with Crippen LogP contribution in [0.2, 0.25) is 0 Å². The predicted octanol–water partition coefficient (Wildman–Crippen LogP) is 2.97. The molecule has 4 aromatic rings. The van der Waals surface area contributed by atoms with E-state index in [9.17, 15) is 14.0 Å². The molecule has 0 radical (unpaired) electrons. The van der Waals surface area contributed by atoms with E-state index >= 15 is 0 Å². The summed E-state index contributed by atoms with van der Waals surface area (Å²) in [4.78, 5) is 28.9. The Morgan fingerprint density at radius 1 is 1.28 bits per heavy atom. The number of nitrogens with zero attached hydrogens (tertiary/aromatic N) is 4. The molecule has 8 nitrogen and oxygen atoms in total. The van der Waals surface area contributed by atoms with Crippen LogP contribution >= 0.6 is 34.4 Å². The number of hydrogen-bond acceptors (Lipinski definition) is 8. The molecule has 3 heterocycles. The molecule has 0 bridgehead atoms. The number of amides is 2. The normalized spacial score (nSPS) is 11.1. The van der Waals surface area contributed by atoms with Gasteiger partial charge >= 0.3 is 0 Å². The number of benzene rings is 1. The zero-order valence-corrected chi connectivity index (χ0v) is 17.1. The topological polar surface area (TPSA) is 116 Å². The van der Waals surface area contributed by atoms with Crippen molar-refractivity contribution in [2.45, 2.75) is 11.7 Å². The zero-order chi connectivity index (χ0) is 20.4. The first-order chi connectivity index (χ1) is 14.0. The van der Waals surface area contributed by atoms with Gasteiger partial charge in [0, 0.05) is 0 Å². The van der Waals surface area contributed by atoms with Gasteiger partial charge in [-0.05, 0) is 29.6 Å². The van der Waals surface area contributed by atoms with Gasteiger partial charge in [-0.2, -0.15) is 0 Å². The Kier molecular flexibility index (Phi) is 5.56. The van der Waals surface area contributed by atoms with E-state index in [0.717, 1.165) is 16.6 Å². The maximum absolute atomic E-state index is 13.3. The van der Waals surface area contributed by atoms with E-state index in [4.69, 9.17) is 5.73 Å². The molecule has 0 fully saturated rings. The molecular weight excluding hydrogens is 435 g/mol. The molecule has 0 saturated carbocycles. The molecule has 29 heavy (non-hydrogen) atoms. The number of thiophene rings is 1. The van der Waals surface area contributed by atoms with Gasteiger partial charge in [0.15, 0.2) is 16.1 Å². The molecule has 0 aliphatic rings. The van der Waals surface area contributed by atoms with E-state index in [0.29, 0.717) is 26.3 Å². The first-order valence-corrected chi connectivity index (χ1v) is 10.9. The number of thiazole rings is 1. The second kappa shape index (κ2) is 8.27. The summed E-state index contributed by atoms with van der Waals surface area (Å²) in [7, 11) is 0. The number of rotatable bonds is 7. The van der Waals surface area contributed by atoms with E-state index in [1.54, 1.807) is 10.6 Å². The van der Waals surface area contributed by atoms with Crippen molar-refractivity contribution in [1.29, 1.82) is 0 Å². The summed E-state index contributed by atoms with van der Waals surface area (Å²) in [6, 6.07) is 7.98. The minimum absolute atomic E-state index is 0.0334. The van der Waals surface area contributed by atoms with Crippen LogP contribution in [0.5, 0.6) is 0 Å². The lowest BCUT2D eigenvalue weighted by atomic mass is 10.3. The van der Waals surface area contributed by atoms with Crippen molar-refractivity contribution >= 4 is 61.6 Å². The first kappa shape index (κ1) is 19.5. The number of primary amides is 1. The van der Waals surface area contributed by atoms with Crippen molar-refractivity contribution < 1.29 is 14.0 Å². The van der Waals surface area contributed by atoms with Crippen LogP contribution in [0.25, 0.3) is 20.9 Å². The minimum atomic E-state index is -0.532. The maximum Gasteiger partial charge on any atom is 0.237 e. The van der Waals surface area contributed by atoms with Crippen molar-refractivity contribution in [2.75, 3.05) is 11.1 Å². The number of thioether (sulfide) groups is 1. The fourth-order valence-electron chi connectivity index (χ4n) is 2.52. The number of halogens is 1. The van der Waals surface area contributed by atoms with Crippen LogP contribution in [-0.4, -0.2) is 37.3 Å². The smallest absolute Gasteiger partial charge is 0.237 e. The highest BCUT2D eigenvalue weighted by Gasteiger charge is 2.18. The molecular formula is C17H13FN6O2S3. The third kappa shape index (κ3) is 4.44. The van der Waals surface area contributed by atoms with Gasteiger partial charge in [-0.15, -0.1) is 21.5 Å². The predicted molar refractivity (Wildman–Crippen MR) is 111 cm³/mol. The largest absolute Gasteiger partial charge is 0.368 e. The summed E-state index contributed by atoms with van der Waals surface area (Å²) in [6.45, 7) is -0.0897. The zero-order valence-electron chi connectivity index (χ0n) is 14.7. The van der Waals surface area contributed by atoms with Crippen LogP contribution in [0, 0.1) is 5.82 Å². The van der Waals surface area contributed by atoms with Gasteiger partial charge in [0.1, 0.15) is 12.4 Å². The number of nitrogens with two attached hydrogens (primary N) is 1. The number of hydrogen-bond donors (Lipinski definition) is 2. The summed E-state index contributed by atoms with van der Waals surface area (Å²) in [5, 5.41) is 13.6. The second-order valence-corrected chi connectivity index (χ2v) is 8.72. The Morgan fingerprint density at radius 2 is 2.14 bits per heavy atom. The van der Waals surface area contributed by atoms with Crippen molar-refractivity contribution in [1.82, 2.24) is 19.7 Å². The monoisotopic (exact) mass is 448 g/mol. The minimum Gasteiger partial charge on any atom is -0.368 e. The quantitative estimate of drug-likeness (QED) is 0.420. The van der Waals surface area contributed by atoms with Gasteiger partial charge in [-0.25, -0.2) is 9.37 Å². The molecule has 3 aromatic heterocycles. The molecule has 148 valence electrons. The summed E-state index contributed by atoms with van der Waals surface area (Å²) in [5.74, 6) is -0.637. The molecule has 2 amide bonds. The Bertz CT molecular complexity index is 1190. The second-order valence-electron chi connectivity index (χ2n) is 5.80. The van der Waals surface area contributed by atoms with Crippen LogP contribution in [0.3, 0.4) is 0 Å². The molecule has 0 unspecified atom stereocenters. The first-order valence-electron chi connectivity index (χ1n) is 8.24. The molecule has 3 N–H and O–H groups in total. The lowest BCUT2D eigenvalue weighted by Crippen LogP contribution is -2.20. The Hall–Kier alpha value is -2.83. The highest BCUT2D eigenvalue weighted by Crippen LogP contribution is 2.28. The van der Waals surface area contributed by atoms with Gasteiger partial charge in [-0.1, -0.05) is 29.2 Å². The molecule has 0 spiro atoms. The lowest BCUT2D eigenvalue weighted by molar-refractivity contribution is -0.118. The van der Waals surface area contributed by atoms with Crippen LogP contribution in [0.4, 0.5) is 9.52 Å². The highest BCUT2D eigenvalue weighted by molar-refractivity contribution is 7.99. The number of carbonyl (C=O) groups is 2. The fourth-order valence-corrected chi connectivity index (χ4v) is 4.88. The van der Waals surface area contributed by atoms with Crippen molar-refractivity contribution in [2.24, 2.45) is 5.73 Å². The molecule has 1 aromatic carbocycles. The summed E-state index contributed by atoms with van der Waals surface area (Å²) < 4.78 is 15.5. The summed E-state index contributed by atoms with van der Waals surface area (Å²) in [6.07, 6.45) is 0. The SMILES string of the molecule is NC(=O)Cn1c(SCC(=O)Nc2nc3ccc(F)cc3s2)nnc1-c1cccs1. The third-order valence-corrected chi connectivity index (χ3v) is 6.47. The maximum atomic E-state index is 13.3. The number of fused-ring (bicyclic) bond motifs is 1. The van der Waals surface area contributed by atoms with Crippen molar-refractivity contribution in [3.63, 3.8) is 0 Å². The Balaban J connectivity index is 1.46. The van der Waals surface area contributed by atoms with E-state index in [1.165, 1.54) is 34.8 Å². The summed E-state index contributed by atoms with van der Waals surface area (Å²) in [5.41, 5.74) is 5.96. The van der Waals surface area contributed by atoms with Gasteiger partial charge < -0.3 is 11.1 Å². The van der Waals surface area contributed by atoms with E-state index in [1.807, 2.05) is 17.5 Å². The van der Waals surface area contributed by atoms with Crippen LogP contribution in [0.15, 0.2) is 40.9 Å². The van der Waals surface area contributed by atoms with Gasteiger partial charge in [0.2, 0.25) is 11.8 Å². The lowest BCUT2D eigenvalue weighted by Gasteiger charge is -2.06. The Morgan fingerprint density at radius 3 is 2.90 bits per heavy atom. The molecule has 4 rings (SSSR count). The van der Waals surface area contributed by atoms with Gasteiger partial charge in [-0.3, -0.25) is 14.2 Å². The molecule has 0 saturated heterocycles. The molecule has 12 heteroatoms. The number of anilines is 1. The van der Waals surface area contributed by atoms with Crippen LogP contribution in [-0.2, 0) is 16.1 Å².